The molecule has 20 heavy (non-hydrogen) atoms. The molecule has 4 nitrogen and oxygen atoms in total. The van der Waals surface area contributed by atoms with E-state index in [1.165, 1.54) is 0 Å². The summed E-state index contributed by atoms with van der Waals surface area (Å²) in [7, 11) is -3.73. The number of hydrogen-bond donors (Lipinski definition) is 1. The van der Waals surface area contributed by atoms with Gasteiger partial charge in [-0.3, -0.25) is 0 Å². The van der Waals surface area contributed by atoms with Crippen LogP contribution >= 0.6 is 0 Å². The van der Waals surface area contributed by atoms with Crippen LogP contribution in [0, 0.1) is 0 Å². The predicted octanol–water partition coefficient (Wildman–Crippen LogP) is 3.05. The number of halogens is 3. The molecule has 0 aliphatic rings. The van der Waals surface area contributed by atoms with E-state index in [-0.39, 0.29) is 10.9 Å². The van der Waals surface area contributed by atoms with Crippen molar-refractivity contribution in [1.29, 1.82) is 0 Å². The molecule has 0 spiro atoms. The molecule has 0 saturated carbocycles. The van der Waals surface area contributed by atoms with Crippen LogP contribution in [0.3, 0.4) is 0 Å². The summed E-state index contributed by atoms with van der Waals surface area (Å²) < 4.78 is 66.1. The van der Waals surface area contributed by atoms with E-state index in [2.05, 4.69) is 9.46 Å². The van der Waals surface area contributed by atoms with Crippen LogP contribution in [-0.2, 0) is 10.0 Å². The number of sulfonamides is 1. The molecular weight excluding hydrogens is 295 g/mol. The van der Waals surface area contributed by atoms with Gasteiger partial charge in [0.15, 0.2) is 0 Å². The third-order valence-electron chi connectivity index (χ3n) is 2.68. The molecule has 0 aliphatic heterocycles. The van der Waals surface area contributed by atoms with Crippen molar-refractivity contribution < 1.29 is 26.3 Å². The normalized spacial score (nSPS) is 12.7. The number of rotatable bonds is 6. The smallest absolute Gasteiger partial charge is 0.406 e. The monoisotopic (exact) mass is 311 g/mol. The summed E-state index contributed by atoms with van der Waals surface area (Å²) in [5.41, 5.74) is 0. The number of alkyl halides is 3. The van der Waals surface area contributed by atoms with Crippen molar-refractivity contribution in [2.75, 3.05) is 0 Å². The summed E-state index contributed by atoms with van der Waals surface area (Å²) in [4.78, 5) is -0.0982. The lowest BCUT2D eigenvalue weighted by Crippen LogP contribution is -2.33. The molecule has 1 N–H and O–H groups in total. The van der Waals surface area contributed by atoms with Crippen LogP contribution in [0.25, 0.3) is 0 Å². The van der Waals surface area contributed by atoms with E-state index in [1.807, 2.05) is 13.8 Å². The van der Waals surface area contributed by atoms with Crippen molar-refractivity contribution in [1.82, 2.24) is 4.72 Å². The van der Waals surface area contributed by atoms with Gasteiger partial charge in [-0.1, -0.05) is 13.8 Å². The average molecular weight is 311 g/mol. The quantitative estimate of drug-likeness (QED) is 0.878. The van der Waals surface area contributed by atoms with Crippen molar-refractivity contribution in [3.63, 3.8) is 0 Å². The zero-order valence-electron chi connectivity index (χ0n) is 11.1. The first-order valence-corrected chi connectivity index (χ1v) is 7.54. The summed E-state index contributed by atoms with van der Waals surface area (Å²) >= 11 is 0. The Bertz CT molecular complexity index is 522. The van der Waals surface area contributed by atoms with Crippen LogP contribution in [0.4, 0.5) is 13.2 Å². The van der Waals surface area contributed by atoms with Gasteiger partial charge in [0.1, 0.15) is 5.75 Å². The highest BCUT2D eigenvalue weighted by Crippen LogP contribution is 2.24. The van der Waals surface area contributed by atoms with Crippen molar-refractivity contribution in [3.05, 3.63) is 24.3 Å². The Morgan fingerprint density at radius 2 is 1.65 bits per heavy atom. The molecule has 0 radical (unpaired) electrons. The van der Waals surface area contributed by atoms with E-state index in [9.17, 15) is 21.6 Å². The maximum absolute atomic E-state index is 12.0. The first-order valence-electron chi connectivity index (χ1n) is 6.06. The van der Waals surface area contributed by atoms with Crippen LogP contribution in [-0.4, -0.2) is 20.8 Å². The molecule has 0 amide bonds. The lowest BCUT2D eigenvalue weighted by Gasteiger charge is -2.15. The van der Waals surface area contributed by atoms with Crippen LogP contribution in [0.15, 0.2) is 29.2 Å². The summed E-state index contributed by atoms with van der Waals surface area (Å²) in [6.45, 7) is 3.69. The third kappa shape index (κ3) is 5.01. The van der Waals surface area contributed by atoms with Gasteiger partial charge < -0.3 is 4.74 Å². The fourth-order valence-corrected chi connectivity index (χ4v) is 2.97. The second kappa shape index (κ2) is 6.45. The fraction of sp³-hybridized carbons (Fsp3) is 0.500. The van der Waals surface area contributed by atoms with Crippen LogP contribution in [0.5, 0.6) is 5.75 Å². The SMILES string of the molecule is CCC(CC)NS(=O)(=O)c1ccc(OC(F)(F)F)cc1. The Balaban J connectivity index is 2.87. The molecule has 0 aromatic heterocycles. The van der Waals surface area contributed by atoms with Gasteiger partial charge in [0, 0.05) is 6.04 Å². The van der Waals surface area contributed by atoms with E-state index < -0.39 is 22.1 Å². The highest BCUT2D eigenvalue weighted by Gasteiger charge is 2.31. The van der Waals surface area contributed by atoms with Gasteiger partial charge in [0.05, 0.1) is 4.90 Å². The van der Waals surface area contributed by atoms with E-state index in [0.717, 1.165) is 24.3 Å². The Morgan fingerprint density at radius 3 is 2.05 bits per heavy atom. The van der Waals surface area contributed by atoms with Crippen molar-refractivity contribution in [2.45, 2.75) is 44.0 Å². The number of nitrogens with one attached hydrogen (secondary N) is 1. The number of ether oxygens (including phenoxy) is 1. The molecule has 0 bridgehead atoms. The minimum atomic E-state index is -4.80. The standard InChI is InChI=1S/C12H16F3NO3S/c1-3-9(4-2)16-20(17,18)11-7-5-10(6-8-11)19-12(13,14)15/h5-9,16H,3-4H2,1-2H3. The molecular formula is C12H16F3NO3S. The lowest BCUT2D eigenvalue weighted by molar-refractivity contribution is -0.274. The minimum Gasteiger partial charge on any atom is -0.406 e. The molecule has 1 aromatic rings. The second-order valence-electron chi connectivity index (χ2n) is 4.15. The van der Waals surface area contributed by atoms with Gasteiger partial charge in [-0.05, 0) is 37.1 Å². The minimum absolute atomic E-state index is 0.0982. The van der Waals surface area contributed by atoms with Gasteiger partial charge in [-0.2, -0.15) is 0 Å². The molecule has 0 heterocycles. The fourth-order valence-electron chi connectivity index (χ4n) is 1.56. The van der Waals surface area contributed by atoms with Gasteiger partial charge >= 0.3 is 6.36 Å². The van der Waals surface area contributed by atoms with Crippen LogP contribution < -0.4 is 9.46 Å². The van der Waals surface area contributed by atoms with Crippen LogP contribution in [0.2, 0.25) is 0 Å². The first kappa shape index (κ1) is 16.8. The largest absolute Gasteiger partial charge is 0.573 e. The summed E-state index contributed by atoms with van der Waals surface area (Å²) in [6, 6.07) is 3.88. The maximum atomic E-state index is 12.0. The highest BCUT2D eigenvalue weighted by atomic mass is 32.2. The third-order valence-corrected chi connectivity index (χ3v) is 4.21. The molecule has 0 saturated heterocycles. The molecule has 114 valence electrons. The Morgan fingerprint density at radius 1 is 1.15 bits per heavy atom. The van der Waals surface area contributed by atoms with E-state index in [1.54, 1.807) is 0 Å². The number of hydrogen-bond acceptors (Lipinski definition) is 3. The maximum Gasteiger partial charge on any atom is 0.573 e. The lowest BCUT2D eigenvalue weighted by atomic mass is 10.2. The molecule has 1 aromatic carbocycles. The zero-order valence-corrected chi connectivity index (χ0v) is 11.9. The second-order valence-corrected chi connectivity index (χ2v) is 5.87. The Kier molecular flexibility index (Phi) is 5.41. The van der Waals surface area contributed by atoms with Crippen LogP contribution in [0.1, 0.15) is 26.7 Å². The van der Waals surface area contributed by atoms with Gasteiger partial charge in [0.2, 0.25) is 10.0 Å². The molecule has 0 unspecified atom stereocenters. The summed E-state index contributed by atoms with van der Waals surface area (Å²) in [5.74, 6) is -0.459. The predicted molar refractivity (Wildman–Crippen MR) is 67.8 cm³/mol. The topological polar surface area (TPSA) is 55.4 Å². The molecule has 0 atom stereocenters. The Hall–Kier alpha value is -1.28. The van der Waals surface area contributed by atoms with Gasteiger partial charge in [-0.25, -0.2) is 13.1 Å². The summed E-state index contributed by atoms with van der Waals surface area (Å²) in [5, 5.41) is 0. The van der Waals surface area contributed by atoms with E-state index in [4.69, 9.17) is 0 Å². The van der Waals surface area contributed by atoms with E-state index >= 15 is 0 Å². The molecule has 0 fully saturated rings. The number of benzene rings is 1. The summed E-state index contributed by atoms with van der Waals surface area (Å²) in [6.07, 6.45) is -3.54. The zero-order chi connectivity index (χ0) is 15.4. The van der Waals surface area contributed by atoms with Gasteiger partial charge in [0.25, 0.3) is 0 Å². The molecule has 1 rings (SSSR count). The Labute approximate surface area is 116 Å². The molecule has 0 aliphatic carbocycles. The van der Waals surface area contributed by atoms with Crippen molar-refractivity contribution in [2.24, 2.45) is 0 Å². The highest BCUT2D eigenvalue weighted by molar-refractivity contribution is 7.89. The van der Waals surface area contributed by atoms with Crippen molar-refractivity contribution >= 4 is 10.0 Å². The molecule has 8 heteroatoms. The van der Waals surface area contributed by atoms with Gasteiger partial charge in [-0.15, -0.1) is 13.2 Å². The van der Waals surface area contributed by atoms with Crippen molar-refractivity contribution in [3.8, 4) is 5.75 Å². The van der Waals surface area contributed by atoms with E-state index in [0.29, 0.717) is 12.8 Å². The average Bonchev–Trinajstić information content (AvgIpc) is 2.34. The first-order chi connectivity index (χ1) is 9.18.